The van der Waals surface area contributed by atoms with Gasteiger partial charge in [-0.15, -0.1) is 18.3 Å². The van der Waals surface area contributed by atoms with E-state index < -0.39 is 0 Å². The van der Waals surface area contributed by atoms with Crippen molar-refractivity contribution in [1.82, 2.24) is 0 Å². The summed E-state index contributed by atoms with van der Waals surface area (Å²) in [7, 11) is 0. The predicted octanol–water partition coefficient (Wildman–Crippen LogP) is 4.98. The summed E-state index contributed by atoms with van der Waals surface area (Å²) in [6.45, 7) is 6.13. The highest BCUT2D eigenvalue weighted by Gasteiger charge is 2.08. The van der Waals surface area contributed by atoms with Crippen molar-refractivity contribution in [2.75, 3.05) is 0 Å². The molecule has 0 heteroatoms. The molecule has 0 aliphatic heterocycles. The van der Waals surface area contributed by atoms with Crippen molar-refractivity contribution < 1.29 is 0 Å². The van der Waals surface area contributed by atoms with Crippen LogP contribution in [0.3, 0.4) is 0 Å². The second-order valence-electron chi connectivity index (χ2n) is 4.48. The monoisotopic (exact) mass is 242 g/mol. The molecule has 0 N–H and O–H groups in total. The molecule has 0 aromatic heterocycles. The first-order chi connectivity index (χ1) is 8.78. The van der Waals surface area contributed by atoms with E-state index in [1.807, 2.05) is 6.92 Å². The van der Waals surface area contributed by atoms with E-state index in [-0.39, 0.29) is 0 Å². The molecule has 0 aliphatic carbocycles. The molecule has 0 amide bonds. The molecule has 0 rings (SSSR count). The predicted molar refractivity (Wildman–Crippen MR) is 82.0 cm³/mol. The first-order valence-electron chi connectivity index (χ1n) is 6.91. The van der Waals surface area contributed by atoms with Crippen LogP contribution in [0.15, 0.2) is 24.3 Å². The quantitative estimate of drug-likeness (QED) is 0.416. The van der Waals surface area contributed by atoms with Gasteiger partial charge in [0, 0.05) is 12.3 Å². The van der Waals surface area contributed by atoms with E-state index >= 15 is 0 Å². The number of terminal acetylenes is 1. The van der Waals surface area contributed by atoms with Gasteiger partial charge >= 0.3 is 0 Å². The van der Waals surface area contributed by atoms with Crippen molar-refractivity contribution in [1.29, 1.82) is 0 Å². The van der Waals surface area contributed by atoms with Crippen molar-refractivity contribution >= 4 is 0 Å². The molecule has 0 bridgehead atoms. The molecule has 0 heterocycles. The van der Waals surface area contributed by atoms with Crippen molar-refractivity contribution in [3.05, 3.63) is 24.3 Å². The van der Waals surface area contributed by atoms with Gasteiger partial charge in [0.2, 0.25) is 0 Å². The lowest BCUT2D eigenvalue weighted by Crippen LogP contribution is -2.02. The zero-order valence-corrected chi connectivity index (χ0v) is 12.1. The molecule has 18 heavy (non-hydrogen) atoms. The molecular weight excluding hydrogens is 216 g/mol. The van der Waals surface area contributed by atoms with Crippen LogP contribution in [-0.4, -0.2) is 0 Å². The minimum atomic E-state index is 0.364. The molecule has 0 aliphatic rings. The summed E-state index contributed by atoms with van der Waals surface area (Å²) in [6, 6.07) is 0. The van der Waals surface area contributed by atoms with Crippen molar-refractivity contribution in [2.45, 2.75) is 52.9 Å². The lowest BCUT2D eigenvalue weighted by atomic mass is 9.91. The van der Waals surface area contributed by atoms with Gasteiger partial charge in [-0.05, 0) is 45.4 Å². The SMILES string of the molecule is C#CCC(C#CC)CCC(C=CCC)CC=CC. The highest BCUT2D eigenvalue weighted by molar-refractivity contribution is 5.06. The molecule has 98 valence electrons. The Morgan fingerprint density at radius 2 is 2.00 bits per heavy atom. The molecule has 0 fully saturated rings. The fourth-order valence-electron chi connectivity index (χ4n) is 1.92. The third-order valence-electron chi connectivity index (χ3n) is 2.92. The van der Waals surface area contributed by atoms with Crippen LogP contribution < -0.4 is 0 Å². The van der Waals surface area contributed by atoms with Gasteiger partial charge in [-0.1, -0.05) is 37.1 Å². The standard InChI is InChI=1S/C18H26/c1-5-9-13-18(14-10-6-2)16-15-17(11-7-3)12-8-4/h3,5,9-10,14,17-18H,6,11,13,15-16H2,1-2,4H3. The Kier molecular flexibility index (Phi) is 11.1. The fraction of sp³-hybridized carbons (Fsp3) is 0.556. The van der Waals surface area contributed by atoms with Crippen LogP contribution in [0.1, 0.15) is 52.9 Å². The van der Waals surface area contributed by atoms with E-state index in [0.29, 0.717) is 11.8 Å². The van der Waals surface area contributed by atoms with Gasteiger partial charge < -0.3 is 0 Å². The Hall–Kier alpha value is -1.40. The van der Waals surface area contributed by atoms with Crippen LogP contribution >= 0.6 is 0 Å². The van der Waals surface area contributed by atoms with Crippen LogP contribution in [0, 0.1) is 36.0 Å². The molecule has 0 saturated carbocycles. The second-order valence-corrected chi connectivity index (χ2v) is 4.48. The van der Waals surface area contributed by atoms with Gasteiger partial charge in [0.1, 0.15) is 0 Å². The lowest BCUT2D eigenvalue weighted by Gasteiger charge is -2.13. The third-order valence-corrected chi connectivity index (χ3v) is 2.92. The molecule has 0 spiro atoms. The van der Waals surface area contributed by atoms with E-state index in [1.54, 1.807) is 0 Å². The highest BCUT2D eigenvalue weighted by Crippen LogP contribution is 2.19. The van der Waals surface area contributed by atoms with Gasteiger partial charge in [-0.25, -0.2) is 0 Å². The maximum absolute atomic E-state index is 5.38. The minimum Gasteiger partial charge on any atom is -0.120 e. The summed E-state index contributed by atoms with van der Waals surface area (Å²) >= 11 is 0. The molecule has 0 radical (unpaired) electrons. The van der Waals surface area contributed by atoms with E-state index in [1.165, 1.54) is 6.42 Å². The van der Waals surface area contributed by atoms with E-state index in [2.05, 4.69) is 55.9 Å². The third kappa shape index (κ3) is 8.72. The Bertz CT molecular complexity index is 340. The van der Waals surface area contributed by atoms with Crippen molar-refractivity contribution in [3.63, 3.8) is 0 Å². The second kappa shape index (κ2) is 12.1. The minimum absolute atomic E-state index is 0.364. The Morgan fingerprint density at radius 1 is 1.22 bits per heavy atom. The number of hydrogen-bond donors (Lipinski definition) is 0. The fourth-order valence-corrected chi connectivity index (χ4v) is 1.92. The molecule has 0 aromatic carbocycles. The van der Waals surface area contributed by atoms with Crippen LogP contribution in [0.2, 0.25) is 0 Å². The maximum atomic E-state index is 5.38. The first-order valence-corrected chi connectivity index (χ1v) is 6.91. The lowest BCUT2D eigenvalue weighted by molar-refractivity contribution is 0.503. The molecular formula is C18H26. The molecule has 0 nitrogen and oxygen atoms in total. The van der Waals surface area contributed by atoms with Crippen molar-refractivity contribution in [2.24, 2.45) is 11.8 Å². The summed E-state index contributed by atoms with van der Waals surface area (Å²) < 4.78 is 0. The number of hydrogen-bond acceptors (Lipinski definition) is 0. The average molecular weight is 242 g/mol. The topological polar surface area (TPSA) is 0 Å². The summed E-state index contributed by atoms with van der Waals surface area (Å²) in [5, 5.41) is 0. The number of rotatable bonds is 8. The molecule has 2 atom stereocenters. The molecule has 0 saturated heterocycles. The van der Waals surface area contributed by atoms with Crippen LogP contribution in [0.5, 0.6) is 0 Å². The van der Waals surface area contributed by atoms with Crippen LogP contribution in [0.4, 0.5) is 0 Å². The largest absolute Gasteiger partial charge is 0.120 e. The summed E-state index contributed by atoms with van der Waals surface area (Å²) in [6.07, 6.45) is 19.6. The normalized spacial score (nSPS) is 14.1. The molecule has 0 aromatic rings. The smallest absolute Gasteiger partial charge is 0.0312 e. The highest BCUT2D eigenvalue weighted by atomic mass is 14.1. The maximum Gasteiger partial charge on any atom is 0.0312 e. The van der Waals surface area contributed by atoms with Crippen molar-refractivity contribution in [3.8, 4) is 24.2 Å². The van der Waals surface area contributed by atoms with E-state index in [4.69, 9.17) is 6.42 Å². The van der Waals surface area contributed by atoms with Gasteiger partial charge in [0.25, 0.3) is 0 Å². The zero-order chi connectivity index (χ0) is 13.6. The van der Waals surface area contributed by atoms with E-state index in [0.717, 1.165) is 25.7 Å². The Balaban J connectivity index is 4.32. The number of allylic oxidation sites excluding steroid dienone is 4. The molecule has 2 unspecified atom stereocenters. The average Bonchev–Trinajstić information content (AvgIpc) is 2.38. The van der Waals surface area contributed by atoms with Crippen LogP contribution in [-0.2, 0) is 0 Å². The van der Waals surface area contributed by atoms with Gasteiger partial charge in [0.05, 0.1) is 0 Å². The van der Waals surface area contributed by atoms with Gasteiger partial charge in [0.15, 0.2) is 0 Å². The van der Waals surface area contributed by atoms with Crippen LogP contribution in [0.25, 0.3) is 0 Å². The zero-order valence-electron chi connectivity index (χ0n) is 12.1. The van der Waals surface area contributed by atoms with Gasteiger partial charge in [-0.3, -0.25) is 0 Å². The first kappa shape index (κ1) is 16.6. The Morgan fingerprint density at radius 3 is 2.56 bits per heavy atom. The van der Waals surface area contributed by atoms with Gasteiger partial charge in [-0.2, -0.15) is 0 Å². The van der Waals surface area contributed by atoms with E-state index in [9.17, 15) is 0 Å². The Labute approximate surface area is 114 Å². The summed E-state index contributed by atoms with van der Waals surface area (Å²) in [5.41, 5.74) is 0. The summed E-state index contributed by atoms with van der Waals surface area (Å²) in [5.74, 6) is 9.92. The summed E-state index contributed by atoms with van der Waals surface area (Å²) in [4.78, 5) is 0.